The molecular formula is C19H26N2O2. The molecule has 0 aliphatic heterocycles. The van der Waals surface area contributed by atoms with Gasteiger partial charge in [0.1, 0.15) is 0 Å². The summed E-state index contributed by atoms with van der Waals surface area (Å²) < 4.78 is 7.81. The molecule has 1 aromatic carbocycles. The molecule has 1 unspecified atom stereocenters. The van der Waals surface area contributed by atoms with Crippen LogP contribution in [0.25, 0.3) is 0 Å². The normalized spacial score (nSPS) is 16.0. The summed E-state index contributed by atoms with van der Waals surface area (Å²) in [6.45, 7) is 2.50. The molecule has 1 aromatic heterocycles. The molecule has 0 radical (unpaired) electrons. The van der Waals surface area contributed by atoms with Crippen LogP contribution in [0.4, 0.5) is 0 Å². The van der Waals surface area contributed by atoms with Crippen LogP contribution < -0.4 is 0 Å². The molecule has 4 nitrogen and oxygen atoms in total. The van der Waals surface area contributed by atoms with Gasteiger partial charge in [0.05, 0.1) is 19.3 Å². The maximum atomic E-state index is 10.3. The van der Waals surface area contributed by atoms with E-state index in [1.54, 1.807) is 0 Å². The molecule has 0 amide bonds. The smallest absolute Gasteiger partial charge is 0.0900 e. The van der Waals surface area contributed by atoms with E-state index >= 15 is 0 Å². The van der Waals surface area contributed by atoms with E-state index in [0.717, 1.165) is 12.1 Å². The summed E-state index contributed by atoms with van der Waals surface area (Å²) in [5.41, 5.74) is 2.43. The summed E-state index contributed by atoms with van der Waals surface area (Å²) in [5.74, 6) is 0. The molecular weight excluding hydrogens is 288 g/mol. The predicted molar refractivity (Wildman–Crippen MR) is 90.9 cm³/mol. The standard InChI is InChI=1S/C19H26N2O2/c1-20-11-5-8-18(20)12-21(17-9-10-17)13-19(22)15-23-14-16-6-3-2-4-7-16/h2-8,11,17,19,22H,9-10,12-15H2,1H3. The number of aliphatic hydroxyl groups excluding tert-OH is 1. The van der Waals surface area contributed by atoms with E-state index in [4.69, 9.17) is 4.74 Å². The molecule has 2 aromatic rings. The number of ether oxygens (including phenoxy) is 1. The lowest BCUT2D eigenvalue weighted by molar-refractivity contribution is 0.00674. The number of nitrogens with zero attached hydrogens (tertiary/aromatic N) is 2. The van der Waals surface area contributed by atoms with Crippen LogP contribution in [0.3, 0.4) is 0 Å². The molecule has 1 N–H and O–H groups in total. The second-order valence-corrected chi connectivity index (χ2v) is 6.43. The third-order valence-corrected chi connectivity index (χ3v) is 4.35. The first kappa shape index (κ1) is 16.2. The average molecular weight is 314 g/mol. The Morgan fingerprint density at radius 1 is 1.22 bits per heavy atom. The van der Waals surface area contributed by atoms with E-state index < -0.39 is 6.10 Å². The van der Waals surface area contributed by atoms with Crippen molar-refractivity contribution in [1.29, 1.82) is 0 Å². The summed E-state index contributed by atoms with van der Waals surface area (Å²) in [7, 11) is 2.07. The van der Waals surface area contributed by atoms with Gasteiger partial charge in [-0.15, -0.1) is 0 Å². The average Bonchev–Trinajstić information content (AvgIpc) is 3.32. The quantitative estimate of drug-likeness (QED) is 0.773. The van der Waals surface area contributed by atoms with E-state index in [9.17, 15) is 5.11 Å². The first-order valence-electron chi connectivity index (χ1n) is 8.36. The van der Waals surface area contributed by atoms with Gasteiger partial charge in [-0.05, 0) is 30.5 Å². The van der Waals surface area contributed by atoms with Crippen LogP contribution >= 0.6 is 0 Å². The summed E-state index contributed by atoms with van der Waals surface area (Å²) in [6.07, 6.45) is 4.10. The van der Waals surface area contributed by atoms with Gasteiger partial charge in [-0.25, -0.2) is 0 Å². The molecule has 1 saturated carbocycles. The van der Waals surface area contributed by atoms with Gasteiger partial charge in [0, 0.05) is 38.1 Å². The zero-order chi connectivity index (χ0) is 16.1. The van der Waals surface area contributed by atoms with Crippen molar-refractivity contribution < 1.29 is 9.84 Å². The van der Waals surface area contributed by atoms with Crippen LogP contribution in [-0.2, 0) is 24.9 Å². The second-order valence-electron chi connectivity index (χ2n) is 6.43. The number of aliphatic hydroxyl groups is 1. The predicted octanol–water partition coefficient (Wildman–Crippen LogP) is 2.57. The lowest BCUT2D eigenvalue weighted by Gasteiger charge is -2.25. The molecule has 3 rings (SSSR count). The number of aromatic nitrogens is 1. The van der Waals surface area contributed by atoms with Crippen LogP contribution in [0, 0.1) is 0 Å². The van der Waals surface area contributed by atoms with E-state index in [0.29, 0.717) is 25.8 Å². The SMILES string of the molecule is Cn1cccc1CN(CC(O)COCc1ccccc1)C1CC1. The van der Waals surface area contributed by atoms with Crippen molar-refractivity contribution >= 4 is 0 Å². The Labute approximate surface area is 138 Å². The lowest BCUT2D eigenvalue weighted by atomic mass is 10.2. The van der Waals surface area contributed by atoms with Gasteiger partial charge in [-0.2, -0.15) is 0 Å². The van der Waals surface area contributed by atoms with Gasteiger partial charge >= 0.3 is 0 Å². The fraction of sp³-hybridized carbons (Fsp3) is 0.474. The maximum Gasteiger partial charge on any atom is 0.0900 e. The molecule has 4 heteroatoms. The fourth-order valence-electron chi connectivity index (χ4n) is 2.86. The highest BCUT2D eigenvalue weighted by atomic mass is 16.5. The van der Waals surface area contributed by atoms with Gasteiger partial charge in [0.25, 0.3) is 0 Å². The Hall–Kier alpha value is -1.62. The number of hydrogen-bond donors (Lipinski definition) is 1. The molecule has 0 bridgehead atoms. The molecule has 0 spiro atoms. The Bertz CT molecular complexity index is 592. The molecule has 1 heterocycles. The molecule has 23 heavy (non-hydrogen) atoms. The summed E-state index contributed by atoms with van der Waals surface area (Å²) in [6, 6.07) is 14.9. The largest absolute Gasteiger partial charge is 0.389 e. The van der Waals surface area contributed by atoms with Crippen LogP contribution in [0.15, 0.2) is 48.7 Å². The third kappa shape index (κ3) is 4.93. The number of benzene rings is 1. The van der Waals surface area contributed by atoms with E-state index in [2.05, 4.69) is 34.8 Å². The Balaban J connectivity index is 1.45. The van der Waals surface area contributed by atoms with Crippen LogP contribution in [-0.4, -0.2) is 39.9 Å². The van der Waals surface area contributed by atoms with Crippen molar-refractivity contribution in [2.24, 2.45) is 7.05 Å². The van der Waals surface area contributed by atoms with Crippen LogP contribution in [0.2, 0.25) is 0 Å². The third-order valence-electron chi connectivity index (χ3n) is 4.35. The molecule has 1 fully saturated rings. The molecule has 0 saturated heterocycles. The molecule has 1 aliphatic carbocycles. The minimum atomic E-state index is -0.445. The number of hydrogen-bond acceptors (Lipinski definition) is 3. The van der Waals surface area contributed by atoms with Crippen molar-refractivity contribution in [3.05, 3.63) is 59.9 Å². The van der Waals surface area contributed by atoms with E-state index in [1.807, 2.05) is 30.3 Å². The molecule has 1 atom stereocenters. The molecule has 124 valence electrons. The van der Waals surface area contributed by atoms with E-state index in [-0.39, 0.29) is 0 Å². The Morgan fingerprint density at radius 3 is 2.65 bits per heavy atom. The zero-order valence-electron chi connectivity index (χ0n) is 13.8. The van der Waals surface area contributed by atoms with Gasteiger partial charge in [0.2, 0.25) is 0 Å². The van der Waals surface area contributed by atoms with Crippen molar-refractivity contribution in [2.75, 3.05) is 13.2 Å². The second kappa shape index (κ2) is 7.77. The summed E-state index contributed by atoms with van der Waals surface area (Å²) in [5, 5.41) is 10.3. The van der Waals surface area contributed by atoms with Crippen molar-refractivity contribution in [3.8, 4) is 0 Å². The fourth-order valence-corrected chi connectivity index (χ4v) is 2.86. The van der Waals surface area contributed by atoms with Gasteiger partial charge < -0.3 is 14.4 Å². The summed E-state index contributed by atoms with van der Waals surface area (Å²) >= 11 is 0. The summed E-state index contributed by atoms with van der Waals surface area (Å²) in [4.78, 5) is 2.38. The number of rotatable bonds is 9. The zero-order valence-corrected chi connectivity index (χ0v) is 13.8. The highest BCUT2D eigenvalue weighted by Gasteiger charge is 2.30. The lowest BCUT2D eigenvalue weighted by Crippen LogP contribution is -2.36. The Morgan fingerprint density at radius 2 is 2.00 bits per heavy atom. The van der Waals surface area contributed by atoms with E-state index in [1.165, 1.54) is 18.5 Å². The first-order chi connectivity index (χ1) is 11.2. The first-order valence-corrected chi connectivity index (χ1v) is 8.36. The van der Waals surface area contributed by atoms with Crippen LogP contribution in [0.5, 0.6) is 0 Å². The monoisotopic (exact) mass is 314 g/mol. The van der Waals surface area contributed by atoms with Gasteiger partial charge in [0.15, 0.2) is 0 Å². The Kier molecular flexibility index (Phi) is 5.49. The highest BCUT2D eigenvalue weighted by Crippen LogP contribution is 2.28. The van der Waals surface area contributed by atoms with Crippen molar-refractivity contribution in [3.63, 3.8) is 0 Å². The highest BCUT2D eigenvalue weighted by molar-refractivity contribution is 5.13. The minimum absolute atomic E-state index is 0.380. The minimum Gasteiger partial charge on any atom is -0.389 e. The van der Waals surface area contributed by atoms with Crippen molar-refractivity contribution in [1.82, 2.24) is 9.47 Å². The topological polar surface area (TPSA) is 37.6 Å². The van der Waals surface area contributed by atoms with Gasteiger partial charge in [-0.3, -0.25) is 4.90 Å². The maximum absolute atomic E-state index is 10.3. The molecule has 1 aliphatic rings. The van der Waals surface area contributed by atoms with Crippen LogP contribution in [0.1, 0.15) is 24.1 Å². The van der Waals surface area contributed by atoms with Crippen molar-refractivity contribution in [2.45, 2.75) is 38.1 Å². The number of aryl methyl sites for hydroxylation is 1. The van der Waals surface area contributed by atoms with Gasteiger partial charge in [-0.1, -0.05) is 30.3 Å².